The summed E-state index contributed by atoms with van der Waals surface area (Å²) in [5.74, 6) is 0. The number of rotatable bonds is 5. The van der Waals surface area contributed by atoms with Crippen molar-refractivity contribution in [2.24, 2.45) is 4.99 Å². The number of aromatic nitrogens is 2. The molecular weight excluding hydrogens is 412 g/mol. The normalized spacial score (nSPS) is 12.7. The van der Waals surface area contributed by atoms with Crippen molar-refractivity contribution in [2.45, 2.75) is 19.7 Å². The van der Waals surface area contributed by atoms with Gasteiger partial charge in [0.15, 0.2) is 0 Å². The van der Waals surface area contributed by atoms with Gasteiger partial charge in [0.25, 0.3) is 0 Å². The third kappa shape index (κ3) is 4.70. The van der Waals surface area contributed by atoms with Gasteiger partial charge in [0.2, 0.25) is 0 Å². The fraction of sp³-hybridized carbons (Fsp3) is 0.148. The largest absolute Gasteiger partial charge is 0.445 e. The molecule has 0 unspecified atom stereocenters. The third-order valence-electron chi connectivity index (χ3n) is 5.64. The number of aliphatic imine (C=N–C) groups is 1. The molecule has 4 aromatic rings. The van der Waals surface area contributed by atoms with E-state index in [1.165, 1.54) is 0 Å². The summed E-state index contributed by atoms with van der Waals surface area (Å²) in [6.45, 7) is 1.82. The number of hydrogen-bond donors (Lipinski definition) is 0. The summed E-state index contributed by atoms with van der Waals surface area (Å²) >= 11 is 0. The van der Waals surface area contributed by atoms with Gasteiger partial charge in [0, 0.05) is 17.7 Å². The van der Waals surface area contributed by atoms with Gasteiger partial charge < -0.3 is 9.64 Å². The second kappa shape index (κ2) is 9.53. The predicted molar refractivity (Wildman–Crippen MR) is 127 cm³/mol. The van der Waals surface area contributed by atoms with Gasteiger partial charge in [-0.1, -0.05) is 91.0 Å². The molecule has 1 amide bonds. The summed E-state index contributed by atoms with van der Waals surface area (Å²) in [6, 6.07) is 29.9. The van der Waals surface area contributed by atoms with Crippen molar-refractivity contribution in [3.8, 4) is 0 Å². The maximum Gasteiger partial charge on any atom is 0.410 e. The highest BCUT2D eigenvalue weighted by Crippen LogP contribution is 2.26. The fourth-order valence-electron chi connectivity index (χ4n) is 3.90. The summed E-state index contributed by atoms with van der Waals surface area (Å²) in [4.78, 5) is 19.4. The van der Waals surface area contributed by atoms with Gasteiger partial charge in [0.05, 0.1) is 30.7 Å². The van der Waals surface area contributed by atoms with E-state index in [0.717, 1.165) is 33.8 Å². The Morgan fingerprint density at radius 1 is 0.848 bits per heavy atom. The Bertz CT molecular complexity index is 1210. The molecule has 1 aromatic heterocycles. The van der Waals surface area contributed by atoms with E-state index in [9.17, 15) is 4.79 Å². The molecule has 0 radical (unpaired) electrons. The lowest BCUT2D eigenvalue weighted by atomic mass is 10.0. The van der Waals surface area contributed by atoms with Crippen LogP contribution in [0.25, 0.3) is 0 Å². The first kappa shape index (κ1) is 20.7. The molecule has 5 rings (SSSR count). The van der Waals surface area contributed by atoms with Crippen LogP contribution in [-0.2, 0) is 24.4 Å². The molecule has 2 heterocycles. The maximum absolute atomic E-state index is 12.7. The monoisotopic (exact) mass is 436 g/mol. The van der Waals surface area contributed by atoms with Crippen LogP contribution in [0.15, 0.2) is 102 Å². The first-order valence-corrected chi connectivity index (χ1v) is 11.0. The number of nitrogens with zero attached hydrogens (tertiary/aromatic N) is 4. The maximum atomic E-state index is 12.7. The molecule has 0 spiro atoms. The SMILES string of the molecule is O=C(OCc1ccccc1)N1CCn2ncc(N=C(c3ccccc3)c3ccccc3)c2C1. The number of benzene rings is 3. The molecule has 0 saturated carbocycles. The minimum atomic E-state index is -0.326. The van der Waals surface area contributed by atoms with Crippen molar-refractivity contribution in [3.63, 3.8) is 0 Å². The highest BCUT2D eigenvalue weighted by Gasteiger charge is 2.25. The van der Waals surface area contributed by atoms with Crippen LogP contribution >= 0.6 is 0 Å². The molecule has 6 nitrogen and oxygen atoms in total. The van der Waals surface area contributed by atoms with Crippen LogP contribution in [0.3, 0.4) is 0 Å². The number of amides is 1. The topological polar surface area (TPSA) is 59.7 Å². The Kier molecular flexibility index (Phi) is 5.97. The number of carbonyl (C=O) groups excluding carboxylic acids is 1. The van der Waals surface area contributed by atoms with Crippen LogP contribution in [0.4, 0.5) is 10.5 Å². The fourth-order valence-corrected chi connectivity index (χ4v) is 3.90. The minimum absolute atomic E-state index is 0.257. The number of fused-ring (bicyclic) bond motifs is 1. The van der Waals surface area contributed by atoms with Gasteiger partial charge in [-0.3, -0.25) is 4.68 Å². The van der Waals surface area contributed by atoms with E-state index in [2.05, 4.69) is 29.4 Å². The lowest BCUT2D eigenvalue weighted by Crippen LogP contribution is -2.38. The summed E-state index contributed by atoms with van der Waals surface area (Å²) in [6.07, 6.45) is 1.45. The van der Waals surface area contributed by atoms with E-state index in [0.29, 0.717) is 19.6 Å². The quantitative estimate of drug-likeness (QED) is 0.404. The van der Waals surface area contributed by atoms with E-state index in [1.54, 1.807) is 11.1 Å². The van der Waals surface area contributed by atoms with E-state index in [-0.39, 0.29) is 12.7 Å². The first-order chi connectivity index (χ1) is 16.3. The third-order valence-corrected chi connectivity index (χ3v) is 5.64. The van der Waals surface area contributed by atoms with Crippen molar-refractivity contribution in [3.05, 3.63) is 120 Å². The minimum Gasteiger partial charge on any atom is -0.445 e. The van der Waals surface area contributed by atoms with Gasteiger partial charge >= 0.3 is 6.09 Å². The zero-order valence-electron chi connectivity index (χ0n) is 18.2. The Balaban J connectivity index is 1.40. The molecule has 1 aliphatic heterocycles. The van der Waals surface area contributed by atoms with E-state index >= 15 is 0 Å². The lowest BCUT2D eigenvalue weighted by molar-refractivity contribution is 0.0859. The molecule has 0 saturated heterocycles. The molecule has 3 aromatic carbocycles. The standard InChI is InChI=1S/C27H24N4O2/c32-27(33-20-21-10-4-1-5-11-21)30-16-17-31-25(19-30)24(18-28-31)29-26(22-12-6-2-7-13-22)23-14-8-3-9-15-23/h1-15,18H,16-17,19-20H2. The van der Waals surface area contributed by atoms with Gasteiger partial charge in [0.1, 0.15) is 12.3 Å². The average molecular weight is 437 g/mol. The first-order valence-electron chi connectivity index (χ1n) is 11.0. The van der Waals surface area contributed by atoms with Crippen LogP contribution in [0.1, 0.15) is 22.4 Å². The lowest BCUT2D eigenvalue weighted by Gasteiger charge is -2.27. The Morgan fingerprint density at radius 3 is 2.09 bits per heavy atom. The van der Waals surface area contributed by atoms with Crippen LogP contribution < -0.4 is 0 Å². The molecule has 0 aliphatic carbocycles. The molecule has 0 fully saturated rings. The predicted octanol–water partition coefficient (Wildman–Crippen LogP) is 5.20. The van der Waals surface area contributed by atoms with Crippen molar-refractivity contribution < 1.29 is 9.53 Å². The van der Waals surface area contributed by atoms with Gasteiger partial charge in [-0.05, 0) is 5.56 Å². The molecule has 0 bridgehead atoms. The van der Waals surface area contributed by atoms with Crippen LogP contribution in [0, 0.1) is 0 Å². The summed E-state index contributed by atoms with van der Waals surface area (Å²) in [5.41, 5.74) is 5.56. The van der Waals surface area contributed by atoms with E-state index in [4.69, 9.17) is 9.73 Å². The van der Waals surface area contributed by atoms with Crippen LogP contribution in [0.5, 0.6) is 0 Å². The highest BCUT2D eigenvalue weighted by atomic mass is 16.6. The second-order valence-corrected chi connectivity index (χ2v) is 7.85. The Morgan fingerprint density at radius 2 is 1.45 bits per heavy atom. The van der Waals surface area contributed by atoms with Crippen molar-refractivity contribution in [1.82, 2.24) is 14.7 Å². The van der Waals surface area contributed by atoms with E-state index < -0.39 is 0 Å². The second-order valence-electron chi connectivity index (χ2n) is 7.85. The summed E-state index contributed by atoms with van der Waals surface area (Å²) in [7, 11) is 0. The molecule has 0 N–H and O–H groups in total. The van der Waals surface area contributed by atoms with Crippen molar-refractivity contribution in [1.29, 1.82) is 0 Å². The van der Waals surface area contributed by atoms with Gasteiger partial charge in [-0.15, -0.1) is 0 Å². The van der Waals surface area contributed by atoms with Crippen molar-refractivity contribution >= 4 is 17.5 Å². The zero-order chi connectivity index (χ0) is 22.5. The smallest absolute Gasteiger partial charge is 0.410 e. The van der Waals surface area contributed by atoms with Crippen LogP contribution in [-0.4, -0.2) is 33.0 Å². The van der Waals surface area contributed by atoms with Crippen molar-refractivity contribution in [2.75, 3.05) is 6.54 Å². The summed E-state index contributed by atoms with van der Waals surface area (Å²) in [5, 5.41) is 4.52. The number of carbonyl (C=O) groups is 1. The average Bonchev–Trinajstić information content (AvgIpc) is 3.29. The van der Waals surface area contributed by atoms with Crippen LogP contribution in [0.2, 0.25) is 0 Å². The molecular formula is C27H24N4O2. The number of ether oxygens (including phenoxy) is 1. The highest BCUT2D eigenvalue weighted by molar-refractivity contribution is 6.14. The van der Waals surface area contributed by atoms with Gasteiger partial charge in [-0.2, -0.15) is 5.10 Å². The Labute approximate surface area is 192 Å². The zero-order valence-corrected chi connectivity index (χ0v) is 18.2. The summed E-state index contributed by atoms with van der Waals surface area (Å²) < 4.78 is 7.46. The molecule has 33 heavy (non-hydrogen) atoms. The molecule has 6 heteroatoms. The van der Waals surface area contributed by atoms with E-state index in [1.807, 2.05) is 71.4 Å². The molecule has 1 aliphatic rings. The number of hydrogen-bond acceptors (Lipinski definition) is 4. The van der Waals surface area contributed by atoms with Gasteiger partial charge in [-0.25, -0.2) is 9.79 Å². The molecule has 164 valence electrons. The Hall–Kier alpha value is -4.19. The molecule has 0 atom stereocenters.